The van der Waals surface area contributed by atoms with Crippen LogP contribution in [0.25, 0.3) is 0 Å². The molecule has 2 amide bonds. The number of amides is 2. The fraction of sp³-hybridized carbons (Fsp3) is 0.556. The van der Waals surface area contributed by atoms with Crippen molar-refractivity contribution in [2.75, 3.05) is 18.8 Å². The summed E-state index contributed by atoms with van der Waals surface area (Å²) in [6.45, 7) is 7.18. The first-order chi connectivity index (χ1) is 11.0. The largest absolute Gasteiger partial charge is 0.352 e. The van der Waals surface area contributed by atoms with Crippen LogP contribution in [0.1, 0.15) is 36.5 Å². The molecule has 2 rings (SSSR count). The minimum absolute atomic E-state index is 0.0198. The van der Waals surface area contributed by atoms with Crippen molar-refractivity contribution < 1.29 is 9.59 Å². The van der Waals surface area contributed by atoms with E-state index in [1.54, 1.807) is 11.8 Å². The molecule has 1 fully saturated rings. The number of carbonyl (C=O) groups is 2. The van der Waals surface area contributed by atoms with E-state index in [0.29, 0.717) is 12.3 Å². The molecule has 23 heavy (non-hydrogen) atoms. The summed E-state index contributed by atoms with van der Waals surface area (Å²) in [5.41, 5.74) is 3.84. The molecular formula is C18H26N2O2S. The Morgan fingerprint density at radius 3 is 2.87 bits per heavy atom. The van der Waals surface area contributed by atoms with Crippen molar-refractivity contribution in [3.05, 3.63) is 34.9 Å². The maximum Gasteiger partial charge on any atom is 0.232 e. The molecule has 0 radical (unpaired) electrons. The van der Waals surface area contributed by atoms with Gasteiger partial charge in [0.15, 0.2) is 0 Å². The van der Waals surface area contributed by atoms with Gasteiger partial charge >= 0.3 is 0 Å². The van der Waals surface area contributed by atoms with Crippen LogP contribution in [0, 0.1) is 13.8 Å². The zero-order valence-electron chi connectivity index (χ0n) is 14.2. The summed E-state index contributed by atoms with van der Waals surface area (Å²) in [7, 11) is 0. The minimum Gasteiger partial charge on any atom is -0.352 e. The van der Waals surface area contributed by atoms with Crippen molar-refractivity contribution in [1.29, 1.82) is 0 Å². The average Bonchev–Trinajstić information content (AvgIpc) is 2.50. The Balaban J connectivity index is 1.80. The number of rotatable bonds is 5. The van der Waals surface area contributed by atoms with E-state index in [1.807, 2.05) is 4.90 Å². The molecular weight excluding hydrogens is 308 g/mol. The number of hydrogen-bond donors (Lipinski definition) is 1. The summed E-state index contributed by atoms with van der Waals surface area (Å²) in [5.74, 6) is 1.52. The molecule has 5 heteroatoms. The van der Waals surface area contributed by atoms with Gasteiger partial charge in [0.05, 0.1) is 5.75 Å². The molecule has 126 valence electrons. The SMILES string of the molecule is CC(=O)NC1CCCN(C(=O)CSCc2cc(C)ccc2C)C1. The number of nitrogens with one attached hydrogen (secondary N) is 1. The summed E-state index contributed by atoms with van der Waals surface area (Å²) in [6.07, 6.45) is 1.91. The topological polar surface area (TPSA) is 49.4 Å². The first-order valence-corrected chi connectivity index (χ1v) is 9.30. The van der Waals surface area contributed by atoms with Gasteiger partial charge in [-0.2, -0.15) is 0 Å². The standard InChI is InChI=1S/C18H26N2O2S/c1-13-6-7-14(2)16(9-13)11-23-12-18(22)20-8-4-5-17(10-20)19-15(3)21/h6-7,9,17H,4-5,8,10-12H2,1-3H3,(H,19,21). The van der Waals surface area contributed by atoms with Crippen LogP contribution < -0.4 is 5.32 Å². The fourth-order valence-corrected chi connectivity index (χ4v) is 3.89. The lowest BCUT2D eigenvalue weighted by Gasteiger charge is -2.33. The number of benzene rings is 1. The van der Waals surface area contributed by atoms with Crippen LogP contribution >= 0.6 is 11.8 Å². The van der Waals surface area contributed by atoms with E-state index >= 15 is 0 Å². The molecule has 1 aliphatic heterocycles. The zero-order chi connectivity index (χ0) is 16.8. The van der Waals surface area contributed by atoms with Gasteiger partial charge in [-0.15, -0.1) is 11.8 Å². The van der Waals surface area contributed by atoms with Crippen LogP contribution in [0.5, 0.6) is 0 Å². The van der Waals surface area contributed by atoms with Crippen LogP contribution in [0.2, 0.25) is 0 Å². The molecule has 1 N–H and O–H groups in total. The Bertz CT molecular complexity index is 574. The summed E-state index contributed by atoms with van der Waals surface area (Å²) in [5, 5.41) is 2.92. The molecule has 1 heterocycles. The number of piperidine rings is 1. The molecule has 1 aliphatic rings. The van der Waals surface area contributed by atoms with Gasteiger partial charge < -0.3 is 10.2 Å². The maximum absolute atomic E-state index is 12.4. The highest BCUT2D eigenvalue weighted by Crippen LogP contribution is 2.19. The Labute approximate surface area is 143 Å². The number of hydrogen-bond acceptors (Lipinski definition) is 3. The first kappa shape index (κ1) is 17.9. The second kappa shape index (κ2) is 8.39. The van der Waals surface area contributed by atoms with Gasteiger partial charge in [0.2, 0.25) is 11.8 Å². The summed E-state index contributed by atoms with van der Waals surface area (Å²) in [4.78, 5) is 25.4. The minimum atomic E-state index is -0.0198. The van der Waals surface area contributed by atoms with Gasteiger partial charge in [0, 0.05) is 31.8 Å². The van der Waals surface area contributed by atoms with Crippen molar-refractivity contribution in [3.8, 4) is 0 Å². The third-order valence-electron chi connectivity index (χ3n) is 4.17. The average molecular weight is 334 g/mol. The first-order valence-electron chi connectivity index (χ1n) is 8.14. The highest BCUT2D eigenvalue weighted by molar-refractivity contribution is 7.99. The third-order valence-corrected chi connectivity index (χ3v) is 5.14. The van der Waals surface area contributed by atoms with Gasteiger partial charge in [-0.1, -0.05) is 23.8 Å². The van der Waals surface area contributed by atoms with Gasteiger partial charge in [-0.25, -0.2) is 0 Å². The molecule has 1 aromatic carbocycles. The molecule has 0 aliphatic carbocycles. The van der Waals surface area contributed by atoms with Gasteiger partial charge in [0.25, 0.3) is 0 Å². The predicted molar refractivity (Wildman–Crippen MR) is 95.5 cm³/mol. The monoisotopic (exact) mass is 334 g/mol. The lowest BCUT2D eigenvalue weighted by atomic mass is 10.1. The maximum atomic E-state index is 12.4. The zero-order valence-corrected chi connectivity index (χ0v) is 15.0. The molecule has 1 unspecified atom stereocenters. The molecule has 0 aromatic heterocycles. The Hall–Kier alpha value is -1.49. The lowest BCUT2D eigenvalue weighted by Crippen LogP contribution is -2.49. The van der Waals surface area contributed by atoms with Crippen LogP contribution in [-0.4, -0.2) is 41.6 Å². The smallest absolute Gasteiger partial charge is 0.232 e. The molecule has 0 bridgehead atoms. The normalized spacial score (nSPS) is 17.9. The van der Waals surface area contributed by atoms with Crippen LogP contribution in [0.4, 0.5) is 0 Å². The van der Waals surface area contributed by atoms with E-state index in [9.17, 15) is 9.59 Å². The number of aryl methyl sites for hydroxylation is 2. The summed E-state index contributed by atoms with van der Waals surface area (Å²) < 4.78 is 0. The van der Waals surface area contributed by atoms with Crippen molar-refractivity contribution >= 4 is 23.6 Å². The summed E-state index contributed by atoms with van der Waals surface area (Å²) >= 11 is 1.67. The van der Waals surface area contributed by atoms with E-state index in [1.165, 1.54) is 23.6 Å². The predicted octanol–water partition coefficient (Wildman–Crippen LogP) is 2.66. The molecule has 0 saturated carbocycles. The Kier molecular flexibility index (Phi) is 6.51. The van der Waals surface area contributed by atoms with Gasteiger partial charge in [0.1, 0.15) is 0 Å². The Morgan fingerprint density at radius 2 is 2.13 bits per heavy atom. The van der Waals surface area contributed by atoms with E-state index in [4.69, 9.17) is 0 Å². The molecule has 1 saturated heterocycles. The fourth-order valence-electron chi connectivity index (χ4n) is 2.90. The van der Waals surface area contributed by atoms with Crippen LogP contribution in [0.15, 0.2) is 18.2 Å². The van der Waals surface area contributed by atoms with E-state index in [2.05, 4.69) is 37.4 Å². The van der Waals surface area contributed by atoms with Crippen LogP contribution in [0.3, 0.4) is 0 Å². The van der Waals surface area contributed by atoms with Crippen molar-refractivity contribution in [1.82, 2.24) is 10.2 Å². The molecule has 1 atom stereocenters. The number of thioether (sulfide) groups is 1. The number of nitrogens with zero attached hydrogens (tertiary/aromatic N) is 1. The molecule has 4 nitrogen and oxygen atoms in total. The van der Waals surface area contributed by atoms with Crippen LogP contribution in [-0.2, 0) is 15.3 Å². The number of carbonyl (C=O) groups excluding carboxylic acids is 2. The quantitative estimate of drug-likeness (QED) is 0.901. The summed E-state index contributed by atoms with van der Waals surface area (Å²) in [6, 6.07) is 6.55. The van der Waals surface area contributed by atoms with Gasteiger partial charge in [-0.3, -0.25) is 9.59 Å². The van der Waals surface area contributed by atoms with Crippen molar-refractivity contribution in [2.24, 2.45) is 0 Å². The second-order valence-corrected chi connectivity index (χ2v) is 7.29. The van der Waals surface area contributed by atoms with Crippen molar-refractivity contribution in [2.45, 2.75) is 45.4 Å². The molecule has 0 spiro atoms. The lowest BCUT2D eigenvalue weighted by molar-refractivity contribution is -0.130. The third kappa shape index (κ3) is 5.57. The highest BCUT2D eigenvalue weighted by Gasteiger charge is 2.23. The van der Waals surface area contributed by atoms with Crippen molar-refractivity contribution in [3.63, 3.8) is 0 Å². The highest BCUT2D eigenvalue weighted by atomic mass is 32.2. The Morgan fingerprint density at radius 1 is 1.35 bits per heavy atom. The second-order valence-electron chi connectivity index (χ2n) is 6.30. The molecule has 1 aromatic rings. The van der Waals surface area contributed by atoms with E-state index in [0.717, 1.165) is 25.1 Å². The van der Waals surface area contributed by atoms with E-state index in [-0.39, 0.29) is 17.9 Å². The van der Waals surface area contributed by atoms with E-state index < -0.39 is 0 Å². The number of likely N-dealkylation sites (tertiary alicyclic amines) is 1. The van der Waals surface area contributed by atoms with Gasteiger partial charge in [-0.05, 0) is 37.8 Å².